The molecule has 27 heteroatoms. The van der Waals surface area contributed by atoms with E-state index in [2.05, 4.69) is 90.0 Å². The quantitative estimate of drug-likeness (QED) is 0.171. The van der Waals surface area contributed by atoms with E-state index in [1.807, 2.05) is 90.0 Å². The highest BCUT2D eigenvalue weighted by molar-refractivity contribution is 4.93. The van der Waals surface area contributed by atoms with Crippen LogP contribution in [0.5, 0.6) is 0 Å². The van der Waals surface area contributed by atoms with E-state index in [0.717, 1.165) is 30.6 Å². The van der Waals surface area contributed by atoms with Crippen LogP contribution in [-0.2, 0) is 0 Å². The molecule has 0 radical (unpaired) electrons. The first-order valence-corrected chi connectivity index (χ1v) is 43.5. The van der Waals surface area contributed by atoms with E-state index in [1.165, 1.54) is 83.1 Å². The molecule has 1 aliphatic carbocycles. The molecule has 0 aromatic carbocycles. The van der Waals surface area contributed by atoms with Crippen LogP contribution >= 0.6 is 0 Å². The van der Waals surface area contributed by atoms with Gasteiger partial charge in [-0.05, 0) is 127 Å². The molecule has 0 aliphatic heterocycles. The van der Waals surface area contributed by atoms with Crippen molar-refractivity contribution in [1.82, 2.24) is 0 Å². The second kappa shape index (κ2) is 51.2. The van der Waals surface area contributed by atoms with E-state index in [9.17, 15) is 119 Å². The smallest absolute Gasteiger partial charge is 0.171 e. The minimum absolute atomic E-state index is 0.0362. The Labute approximate surface area is 729 Å². The lowest BCUT2D eigenvalue weighted by Gasteiger charge is -2.42. The molecule has 0 N–H and O–H groups in total. The van der Waals surface area contributed by atoms with Gasteiger partial charge in [0.25, 0.3) is 0 Å². The molecule has 1 fully saturated rings. The maximum atomic E-state index is 12.6. The van der Waals surface area contributed by atoms with Crippen LogP contribution in [0.1, 0.15) is 392 Å². The van der Waals surface area contributed by atoms with Crippen LogP contribution in [0.15, 0.2) is 0 Å². The molecule has 752 valence electrons. The van der Waals surface area contributed by atoms with E-state index in [1.54, 1.807) is 96.9 Å². The first-order chi connectivity index (χ1) is 51.9. The lowest BCUT2D eigenvalue weighted by Crippen LogP contribution is -2.43. The molecule has 1 saturated carbocycles. The van der Waals surface area contributed by atoms with Crippen molar-refractivity contribution in [3.63, 3.8) is 0 Å². The number of hydrogen-bond acceptors (Lipinski definition) is 0. The molecular weight excluding hydrogens is 1650 g/mol. The Hall–Kier alpha value is -1.89. The number of alkyl halides is 27. The van der Waals surface area contributed by atoms with Gasteiger partial charge in [-0.3, -0.25) is 0 Å². The summed E-state index contributed by atoms with van der Waals surface area (Å²) in [5.41, 5.74) is -7.97. The molecule has 5 unspecified atom stereocenters. The predicted octanol–water partition coefficient (Wildman–Crippen LogP) is 40.2. The number of hydrogen-bond donors (Lipinski definition) is 0. The molecule has 0 nitrogen and oxygen atoms in total. The summed E-state index contributed by atoms with van der Waals surface area (Å²) in [6.45, 7) is 91.7. The molecule has 12 atom stereocenters. The Morgan fingerprint density at radius 1 is 0.262 bits per heavy atom. The Balaban J connectivity index is -0.000000142. The molecule has 0 aromatic rings. The largest absolute Gasteiger partial charge is 0.394 e. The zero-order valence-corrected chi connectivity index (χ0v) is 86.1. The van der Waals surface area contributed by atoms with E-state index < -0.39 is 135 Å². The van der Waals surface area contributed by atoms with Crippen LogP contribution in [0.3, 0.4) is 0 Å². The Morgan fingerprint density at radius 2 is 0.516 bits per heavy atom. The van der Waals surface area contributed by atoms with Gasteiger partial charge in [0.15, 0.2) is 0 Å². The van der Waals surface area contributed by atoms with Crippen LogP contribution in [0.4, 0.5) is 119 Å². The highest BCUT2D eigenvalue weighted by atomic mass is 19.4. The molecule has 0 heterocycles. The van der Waals surface area contributed by atoms with Gasteiger partial charge in [-0.2, -0.15) is 119 Å². The average molecular weight is 1840 g/mol. The summed E-state index contributed by atoms with van der Waals surface area (Å²) >= 11 is 0. The molecule has 0 amide bonds. The van der Waals surface area contributed by atoms with Crippen molar-refractivity contribution >= 4 is 0 Å². The van der Waals surface area contributed by atoms with E-state index in [4.69, 9.17) is 0 Å². The van der Waals surface area contributed by atoms with Gasteiger partial charge in [0.05, 0.1) is 51.2 Å². The normalized spacial score (nSPS) is 18.4. The summed E-state index contributed by atoms with van der Waals surface area (Å²) in [5, 5.41) is 0. The number of rotatable bonds is 12. The monoisotopic (exact) mass is 1840 g/mol. The van der Waals surface area contributed by atoms with Crippen molar-refractivity contribution in [3.8, 4) is 0 Å². The zero-order valence-electron chi connectivity index (χ0n) is 86.1. The second-order valence-electron chi connectivity index (χ2n) is 46.2. The third-order valence-electron chi connectivity index (χ3n) is 29.4. The predicted molar refractivity (Wildman–Crippen MR) is 461 cm³/mol. The molecule has 0 aromatic heterocycles. The summed E-state index contributed by atoms with van der Waals surface area (Å²) in [4.78, 5) is 0. The summed E-state index contributed by atoms with van der Waals surface area (Å²) in [7, 11) is 0. The van der Waals surface area contributed by atoms with Crippen LogP contribution in [0.2, 0.25) is 0 Å². The van der Waals surface area contributed by atoms with Crippen LogP contribution in [0.25, 0.3) is 0 Å². The second-order valence-corrected chi connectivity index (χ2v) is 46.2. The molecule has 0 saturated heterocycles. The molecule has 1 rings (SSSR count). The highest BCUT2D eigenvalue weighted by Gasteiger charge is 2.58. The zero-order chi connectivity index (χ0) is 103. The van der Waals surface area contributed by atoms with Gasteiger partial charge in [-0.1, -0.05) is 379 Å². The molecule has 0 bridgehead atoms. The first kappa shape index (κ1) is 141. The third-order valence-corrected chi connectivity index (χ3v) is 29.4. The lowest BCUT2D eigenvalue weighted by atomic mass is 9.63. The van der Waals surface area contributed by atoms with Crippen molar-refractivity contribution < 1.29 is 119 Å². The molecule has 0 spiro atoms. The topological polar surface area (TPSA) is 0 Å². The van der Waals surface area contributed by atoms with Crippen LogP contribution in [0, 0.1) is 166 Å². The summed E-state index contributed by atoms with van der Waals surface area (Å²) in [6, 6.07) is 0. The van der Waals surface area contributed by atoms with Crippen molar-refractivity contribution in [2.24, 2.45) is 166 Å². The Kier molecular flexibility index (Phi) is 59.0. The minimum Gasteiger partial charge on any atom is -0.171 e. The maximum Gasteiger partial charge on any atom is 0.394 e. The molecular formula is C95H183F27. The SMILES string of the molecule is CC(C)(C)C(C)(C)C(F)(F)F.CC(C)(C)C(C)(C)C(F)(F)F.CC(C)C(C)(C)C(C)(C)C.CC(C)C(C)(C)C(C)C(F)(F)F.CC(C)[C@@H](C)C(C)(C)C.CC(C)[C@@H](C)C(C)C(F)(F)F.CC(C)[C@@H](C)C(C)C(F)(F)F.CCC(C)[C@@H](C)C(F)(F)F.C[C@@H]1CCCC(C(F)(F)F)C1.C[C@H](C(C)(C)C)C(C)(C)C(F)(F)F.C[C@H](C(C)(C)C)C(C)(C)C(F)(F)F. The van der Waals surface area contributed by atoms with Gasteiger partial charge in [0.2, 0.25) is 0 Å². The fraction of sp³-hybridized carbons (Fsp3) is 1.00. The summed E-state index contributed by atoms with van der Waals surface area (Å²) < 4.78 is 331. The molecule has 1 aliphatic rings. The fourth-order valence-corrected chi connectivity index (χ4v) is 10.5. The fourth-order valence-electron chi connectivity index (χ4n) is 10.5. The van der Waals surface area contributed by atoms with E-state index in [-0.39, 0.29) is 52.3 Å². The summed E-state index contributed by atoms with van der Waals surface area (Å²) in [5.74, 6) is -4.62. The standard InChI is InChI=1S/2C10H19F3.C10H22.C9H17F3.C9H20.C8H13F3.4C8H15F3.C7H13F3/c2*1-7(8(2,3)4)9(5,6)10(11,12)13;1-8(2)10(6,7)9(3,4)5;1-6(2)8(4,5)7(3)9(10,11)12;1-7(2)8(3)9(4,5)6;1-6-3-2-4-7(5-6)8(9,10)11;2*1-6(2,3)7(4,5)8(9,10)11;2*1-5(2)6(3)7(4)8(9,10)11;1-4-5(2)6(3)7(8,9)10/h2*7H,1-6H3;8H,1-7H3;6-7H,1-5H3;7-8H,1-6H3;6-7H,2-5H2,1H3;2*1-5H3;2*5-7H,1-4H3;5-6H,4H2,1-3H3/t2*7-;;;8-;6-,7?;;;2*6-,7?;5?,6-/m11..11..111/s1. The van der Waals surface area contributed by atoms with E-state index >= 15 is 0 Å². The minimum atomic E-state index is -4.13. The highest BCUT2D eigenvalue weighted by Crippen LogP contribution is 2.55. The molecule has 122 heavy (non-hydrogen) atoms. The van der Waals surface area contributed by atoms with Crippen LogP contribution < -0.4 is 0 Å². The van der Waals surface area contributed by atoms with Gasteiger partial charge in [-0.25, -0.2) is 0 Å². The van der Waals surface area contributed by atoms with Crippen LogP contribution in [-0.4, -0.2) is 55.6 Å². The third kappa shape index (κ3) is 52.8. The van der Waals surface area contributed by atoms with Gasteiger partial charge < -0.3 is 0 Å². The Bertz CT molecular complexity index is 2490. The van der Waals surface area contributed by atoms with Gasteiger partial charge in [0.1, 0.15) is 0 Å². The van der Waals surface area contributed by atoms with Gasteiger partial charge in [-0.15, -0.1) is 0 Å². The first-order valence-electron chi connectivity index (χ1n) is 43.5. The van der Waals surface area contributed by atoms with Crippen molar-refractivity contribution in [1.29, 1.82) is 0 Å². The van der Waals surface area contributed by atoms with Gasteiger partial charge >= 0.3 is 55.6 Å². The van der Waals surface area contributed by atoms with Crippen molar-refractivity contribution in [2.75, 3.05) is 0 Å². The van der Waals surface area contributed by atoms with Gasteiger partial charge in [0, 0.05) is 0 Å². The van der Waals surface area contributed by atoms with Crippen molar-refractivity contribution in [3.05, 3.63) is 0 Å². The number of halogens is 27. The summed E-state index contributed by atoms with van der Waals surface area (Å²) in [6.07, 6.45) is -33.6. The lowest BCUT2D eigenvalue weighted by molar-refractivity contribution is -0.244. The average Bonchev–Trinajstić information content (AvgIpc) is 0.798. The Morgan fingerprint density at radius 3 is 0.582 bits per heavy atom. The maximum absolute atomic E-state index is 12.6. The van der Waals surface area contributed by atoms with Crippen molar-refractivity contribution in [2.45, 2.75) is 448 Å². The van der Waals surface area contributed by atoms with E-state index in [0.29, 0.717) is 35.5 Å².